The lowest BCUT2D eigenvalue weighted by Crippen LogP contribution is -2.38. The van der Waals surface area contributed by atoms with Gasteiger partial charge in [-0.2, -0.15) is 4.98 Å². The summed E-state index contributed by atoms with van der Waals surface area (Å²) in [5.74, 6) is 0.218. The summed E-state index contributed by atoms with van der Waals surface area (Å²) in [6.07, 6.45) is 5.68. The molecular weight excluding hydrogens is 338 g/mol. The molecule has 2 atom stereocenters. The molecule has 0 spiro atoms. The van der Waals surface area contributed by atoms with Crippen molar-refractivity contribution >= 4 is 17.7 Å². The first kappa shape index (κ1) is 18.8. The van der Waals surface area contributed by atoms with E-state index in [4.69, 9.17) is 15.2 Å². The zero-order valence-electron chi connectivity index (χ0n) is 15.0. The van der Waals surface area contributed by atoms with Crippen LogP contribution in [0.4, 0.5) is 11.8 Å². The van der Waals surface area contributed by atoms with Gasteiger partial charge >= 0.3 is 0 Å². The minimum atomic E-state index is -0.600. The van der Waals surface area contributed by atoms with Crippen LogP contribution in [-0.4, -0.2) is 65.6 Å². The molecule has 0 unspecified atom stereocenters. The molecule has 2 aliphatic rings. The molecule has 5 N–H and O–H groups in total. The number of nitrogens with one attached hydrogen (secondary N) is 2. The third kappa shape index (κ3) is 4.80. The lowest BCUT2D eigenvalue weighted by atomic mass is 9.93. The van der Waals surface area contributed by atoms with E-state index in [9.17, 15) is 9.90 Å². The van der Waals surface area contributed by atoms with Crippen molar-refractivity contribution in [3.63, 3.8) is 0 Å². The van der Waals surface area contributed by atoms with Crippen molar-refractivity contribution in [1.82, 2.24) is 9.97 Å². The summed E-state index contributed by atoms with van der Waals surface area (Å²) in [7, 11) is 1.74. The number of anilines is 2. The molecule has 26 heavy (non-hydrogen) atoms. The van der Waals surface area contributed by atoms with Crippen LogP contribution in [0.15, 0.2) is 6.20 Å². The van der Waals surface area contributed by atoms with Crippen LogP contribution in [-0.2, 0) is 9.47 Å². The van der Waals surface area contributed by atoms with E-state index < -0.39 is 12.0 Å². The molecule has 1 aliphatic carbocycles. The highest BCUT2D eigenvalue weighted by molar-refractivity contribution is 5.97. The molecule has 1 aromatic rings. The third-order valence-electron chi connectivity index (χ3n) is 4.92. The number of primary amides is 1. The van der Waals surface area contributed by atoms with Gasteiger partial charge in [-0.15, -0.1) is 0 Å². The first-order chi connectivity index (χ1) is 12.5. The van der Waals surface area contributed by atoms with E-state index in [1.54, 1.807) is 7.11 Å². The van der Waals surface area contributed by atoms with Crippen LogP contribution in [0.25, 0.3) is 0 Å². The Morgan fingerprint density at radius 2 is 2.04 bits per heavy atom. The number of methoxy groups -OCH3 is 1. The van der Waals surface area contributed by atoms with Gasteiger partial charge < -0.3 is 30.9 Å². The van der Waals surface area contributed by atoms with E-state index in [1.165, 1.54) is 6.20 Å². The summed E-state index contributed by atoms with van der Waals surface area (Å²) in [6, 6.07) is 0.130. The number of amides is 1. The van der Waals surface area contributed by atoms with Crippen molar-refractivity contribution in [2.75, 3.05) is 31.0 Å². The SMILES string of the molecule is CO[C@H]1CC[C@H](Nc2ncc(C(N)=O)c(N[C@H]3COC[C@@H](O)C3)n2)CC1. The Kier molecular flexibility index (Phi) is 6.23. The Labute approximate surface area is 152 Å². The Hall–Kier alpha value is -1.97. The molecule has 1 saturated heterocycles. The van der Waals surface area contributed by atoms with Gasteiger partial charge in [0.25, 0.3) is 5.91 Å². The van der Waals surface area contributed by atoms with Gasteiger partial charge in [-0.05, 0) is 32.1 Å². The highest BCUT2D eigenvalue weighted by Crippen LogP contribution is 2.24. The summed E-state index contributed by atoms with van der Waals surface area (Å²) in [5.41, 5.74) is 5.66. The normalized spacial score (nSPS) is 29.2. The van der Waals surface area contributed by atoms with Crippen molar-refractivity contribution in [2.45, 2.75) is 56.4 Å². The zero-order valence-corrected chi connectivity index (χ0v) is 15.0. The second-order valence-corrected chi connectivity index (χ2v) is 6.94. The molecule has 144 valence electrons. The summed E-state index contributed by atoms with van der Waals surface area (Å²) >= 11 is 0. The molecule has 0 bridgehead atoms. The summed E-state index contributed by atoms with van der Waals surface area (Å²) in [5, 5.41) is 16.2. The van der Waals surface area contributed by atoms with Crippen molar-refractivity contribution in [3.05, 3.63) is 11.8 Å². The van der Waals surface area contributed by atoms with Crippen LogP contribution in [0.3, 0.4) is 0 Å². The van der Waals surface area contributed by atoms with E-state index in [2.05, 4.69) is 20.6 Å². The molecule has 2 heterocycles. The van der Waals surface area contributed by atoms with E-state index >= 15 is 0 Å². The van der Waals surface area contributed by atoms with Crippen molar-refractivity contribution in [1.29, 1.82) is 0 Å². The van der Waals surface area contributed by atoms with Gasteiger partial charge in [0.05, 0.1) is 37.0 Å². The fourth-order valence-corrected chi connectivity index (χ4v) is 3.47. The lowest BCUT2D eigenvalue weighted by Gasteiger charge is -2.29. The van der Waals surface area contributed by atoms with Crippen molar-refractivity contribution < 1.29 is 19.4 Å². The van der Waals surface area contributed by atoms with Crippen molar-refractivity contribution in [2.24, 2.45) is 5.73 Å². The van der Waals surface area contributed by atoms with E-state index in [1.807, 2.05) is 0 Å². The monoisotopic (exact) mass is 365 g/mol. The van der Waals surface area contributed by atoms with Crippen LogP contribution in [0, 0.1) is 0 Å². The Morgan fingerprint density at radius 3 is 2.69 bits per heavy atom. The highest BCUT2D eigenvalue weighted by Gasteiger charge is 2.24. The average molecular weight is 365 g/mol. The molecule has 1 saturated carbocycles. The maximum Gasteiger partial charge on any atom is 0.254 e. The van der Waals surface area contributed by atoms with Gasteiger partial charge in [-0.3, -0.25) is 4.79 Å². The first-order valence-corrected chi connectivity index (χ1v) is 9.03. The molecule has 9 heteroatoms. The van der Waals surface area contributed by atoms with E-state index in [0.717, 1.165) is 25.7 Å². The summed E-state index contributed by atoms with van der Waals surface area (Å²) in [4.78, 5) is 20.4. The number of ether oxygens (including phenoxy) is 2. The number of aliphatic hydroxyl groups is 1. The van der Waals surface area contributed by atoms with Crippen molar-refractivity contribution in [3.8, 4) is 0 Å². The molecule has 1 aliphatic heterocycles. The average Bonchev–Trinajstić information content (AvgIpc) is 2.62. The molecular formula is C17H27N5O4. The maximum atomic E-state index is 11.7. The van der Waals surface area contributed by atoms with Crippen LogP contribution in [0.5, 0.6) is 0 Å². The number of rotatable bonds is 6. The maximum absolute atomic E-state index is 11.7. The fraction of sp³-hybridized carbons (Fsp3) is 0.706. The fourth-order valence-electron chi connectivity index (χ4n) is 3.47. The predicted molar refractivity (Wildman–Crippen MR) is 96.1 cm³/mol. The van der Waals surface area contributed by atoms with Gasteiger partial charge in [-0.25, -0.2) is 4.98 Å². The third-order valence-corrected chi connectivity index (χ3v) is 4.92. The lowest BCUT2D eigenvalue weighted by molar-refractivity contribution is -0.0117. The minimum Gasteiger partial charge on any atom is -0.391 e. The highest BCUT2D eigenvalue weighted by atomic mass is 16.5. The molecule has 1 amide bonds. The van der Waals surface area contributed by atoms with E-state index in [0.29, 0.717) is 37.5 Å². The zero-order chi connectivity index (χ0) is 18.5. The molecule has 3 rings (SSSR count). The topological polar surface area (TPSA) is 132 Å². The number of hydrogen-bond donors (Lipinski definition) is 4. The molecule has 0 aromatic carbocycles. The van der Waals surface area contributed by atoms with E-state index in [-0.39, 0.29) is 17.6 Å². The molecule has 9 nitrogen and oxygen atoms in total. The minimum absolute atomic E-state index is 0.142. The quantitative estimate of drug-likeness (QED) is 0.573. The number of nitrogens with zero attached hydrogens (tertiary/aromatic N) is 2. The number of hydrogen-bond acceptors (Lipinski definition) is 8. The largest absolute Gasteiger partial charge is 0.391 e. The standard InChI is InChI=1S/C17H27N5O4/c1-25-13-4-2-10(3-5-13)21-17-19-7-14(15(18)24)16(22-17)20-11-6-12(23)9-26-8-11/h7,10-13,23H,2-6,8-9H2,1H3,(H2,18,24)(H2,19,20,21,22)/t10-,11-,12+,13-/m1/s1. The predicted octanol–water partition coefficient (Wildman–Crippen LogP) is 0.507. The van der Waals surface area contributed by atoms with Gasteiger partial charge in [0.1, 0.15) is 5.82 Å². The van der Waals surface area contributed by atoms with Gasteiger partial charge in [0, 0.05) is 19.3 Å². The van der Waals surface area contributed by atoms with Crippen LogP contribution < -0.4 is 16.4 Å². The number of nitrogens with two attached hydrogens (primary N) is 1. The van der Waals surface area contributed by atoms with Gasteiger partial charge in [-0.1, -0.05) is 0 Å². The Morgan fingerprint density at radius 1 is 1.27 bits per heavy atom. The molecule has 1 aromatic heterocycles. The van der Waals surface area contributed by atoms with Crippen LogP contribution in [0.2, 0.25) is 0 Å². The number of carbonyl (C=O) groups excluding carboxylic acids is 1. The van der Waals surface area contributed by atoms with Gasteiger partial charge in [0.2, 0.25) is 5.95 Å². The summed E-state index contributed by atoms with van der Waals surface area (Å²) in [6.45, 7) is 0.755. The molecule has 0 radical (unpaired) electrons. The Bertz CT molecular complexity index is 621. The van der Waals surface area contributed by atoms with Gasteiger partial charge in [0.15, 0.2) is 0 Å². The molecule has 2 fully saturated rings. The second-order valence-electron chi connectivity index (χ2n) is 6.94. The number of aliphatic hydroxyl groups excluding tert-OH is 1. The second kappa shape index (κ2) is 8.61. The van der Waals surface area contributed by atoms with Crippen LogP contribution in [0.1, 0.15) is 42.5 Å². The number of aromatic nitrogens is 2. The summed E-state index contributed by atoms with van der Waals surface area (Å²) < 4.78 is 10.7. The van der Waals surface area contributed by atoms with Crippen LogP contribution >= 0.6 is 0 Å². The first-order valence-electron chi connectivity index (χ1n) is 9.03. The smallest absolute Gasteiger partial charge is 0.254 e. The number of carbonyl (C=O) groups is 1. The Balaban J connectivity index is 1.68.